The molecule has 1 saturated heterocycles. The molecule has 0 unspecified atom stereocenters. The molecule has 2 atom stereocenters. The summed E-state index contributed by atoms with van der Waals surface area (Å²) in [4.78, 5) is 4.45. The molecule has 1 aliphatic carbocycles. The number of methoxy groups -OCH3 is 1. The van der Waals surface area contributed by atoms with Crippen molar-refractivity contribution >= 4 is 5.57 Å². The summed E-state index contributed by atoms with van der Waals surface area (Å²) in [5, 5.41) is 3.51. The number of rotatable bonds is 2. The van der Waals surface area contributed by atoms with Gasteiger partial charge >= 0.3 is 0 Å². The fourth-order valence-corrected chi connectivity index (χ4v) is 3.21. The highest BCUT2D eigenvalue weighted by Crippen LogP contribution is 2.39. The van der Waals surface area contributed by atoms with E-state index in [1.54, 1.807) is 7.11 Å². The van der Waals surface area contributed by atoms with Crippen LogP contribution >= 0.6 is 0 Å². The maximum absolute atomic E-state index is 5.38. The number of hydrogen-bond acceptors (Lipinski definition) is 3. The monoisotopic (exact) mass is 244 g/mol. The lowest BCUT2D eigenvalue weighted by molar-refractivity contribution is 0.408. The SMILES string of the molecule is COc1cc(C2=CCC[C@H]3CNC[C@@H]23)cnc1C. The fraction of sp³-hybridized carbons (Fsp3) is 0.533. The zero-order chi connectivity index (χ0) is 12.5. The average molecular weight is 244 g/mol. The third kappa shape index (κ3) is 1.93. The van der Waals surface area contributed by atoms with Crippen LogP contribution < -0.4 is 10.1 Å². The van der Waals surface area contributed by atoms with Crippen molar-refractivity contribution in [3.8, 4) is 5.75 Å². The van der Waals surface area contributed by atoms with Crippen LogP contribution in [-0.2, 0) is 0 Å². The molecule has 1 fully saturated rings. The Hall–Kier alpha value is -1.35. The topological polar surface area (TPSA) is 34.1 Å². The standard InChI is InChI=1S/C15H20N2O/c1-10-15(18-2)6-12(8-17-10)13-5-3-4-11-7-16-9-14(11)13/h5-6,8,11,14,16H,3-4,7,9H2,1-2H3/t11-,14+/m0/s1. The van der Waals surface area contributed by atoms with Crippen LogP contribution in [0.5, 0.6) is 5.75 Å². The largest absolute Gasteiger partial charge is 0.495 e. The first-order valence-electron chi connectivity index (χ1n) is 6.71. The molecule has 0 bridgehead atoms. The van der Waals surface area contributed by atoms with Crippen LogP contribution in [0.4, 0.5) is 0 Å². The molecule has 0 amide bonds. The summed E-state index contributed by atoms with van der Waals surface area (Å²) < 4.78 is 5.38. The average Bonchev–Trinajstić information content (AvgIpc) is 2.87. The Morgan fingerprint density at radius 1 is 1.39 bits per heavy atom. The van der Waals surface area contributed by atoms with E-state index in [2.05, 4.69) is 22.4 Å². The van der Waals surface area contributed by atoms with Crippen molar-refractivity contribution in [3.63, 3.8) is 0 Å². The summed E-state index contributed by atoms with van der Waals surface area (Å²) in [6.45, 7) is 4.25. The number of pyridine rings is 1. The Morgan fingerprint density at radius 2 is 2.28 bits per heavy atom. The second-order valence-corrected chi connectivity index (χ2v) is 5.27. The van der Waals surface area contributed by atoms with Gasteiger partial charge < -0.3 is 10.1 Å². The van der Waals surface area contributed by atoms with E-state index in [0.29, 0.717) is 5.92 Å². The third-order valence-corrected chi connectivity index (χ3v) is 4.23. The van der Waals surface area contributed by atoms with Crippen LogP contribution in [0.1, 0.15) is 24.1 Å². The summed E-state index contributed by atoms with van der Waals surface area (Å²) in [5.41, 5.74) is 3.65. The van der Waals surface area contributed by atoms with Crippen molar-refractivity contribution in [2.75, 3.05) is 20.2 Å². The van der Waals surface area contributed by atoms with Gasteiger partial charge in [0, 0.05) is 18.7 Å². The minimum Gasteiger partial charge on any atom is -0.495 e. The number of ether oxygens (including phenoxy) is 1. The lowest BCUT2D eigenvalue weighted by atomic mass is 9.78. The van der Waals surface area contributed by atoms with Gasteiger partial charge in [-0.15, -0.1) is 0 Å². The number of fused-ring (bicyclic) bond motifs is 1. The molecule has 0 aromatic carbocycles. The van der Waals surface area contributed by atoms with E-state index in [0.717, 1.165) is 23.9 Å². The van der Waals surface area contributed by atoms with Crippen LogP contribution in [0, 0.1) is 18.8 Å². The first-order valence-corrected chi connectivity index (χ1v) is 6.71. The first-order chi connectivity index (χ1) is 8.79. The van der Waals surface area contributed by atoms with Crippen molar-refractivity contribution in [1.29, 1.82) is 0 Å². The summed E-state index contributed by atoms with van der Waals surface area (Å²) in [6, 6.07) is 2.13. The first kappa shape index (κ1) is 11.7. The Balaban J connectivity index is 1.96. The molecule has 0 saturated carbocycles. The van der Waals surface area contributed by atoms with Crippen LogP contribution in [0.3, 0.4) is 0 Å². The summed E-state index contributed by atoms with van der Waals surface area (Å²) in [7, 11) is 1.71. The summed E-state index contributed by atoms with van der Waals surface area (Å²) in [6.07, 6.45) is 6.89. The Bertz CT molecular complexity index is 481. The lowest BCUT2D eigenvalue weighted by Gasteiger charge is -2.26. The van der Waals surface area contributed by atoms with Gasteiger partial charge in [-0.1, -0.05) is 6.08 Å². The quantitative estimate of drug-likeness (QED) is 0.867. The molecule has 96 valence electrons. The van der Waals surface area contributed by atoms with Crippen molar-refractivity contribution < 1.29 is 4.74 Å². The molecule has 0 spiro atoms. The number of allylic oxidation sites excluding steroid dienone is 1. The number of aryl methyl sites for hydroxylation is 1. The molecule has 2 heterocycles. The predicted octanol–water partition coefficient (Wildman–Crippen LogP) is 2.41. The normalized spacial score (nSPS) is 26.7. The highest BCUT2D eigenvalue weighted by Gasteiger charge is 2.32. The Kier molecular flexibility index (Phi) is 3.08. The molecule has 0 radical (unpaired) electrons. The molecule has 1 N–H and O–H groups in total. The number of hydrogen-bond donors (Lipinski definition) is 1. The van der Waals surface area contributed by atoms with E-state index < -0.39 is 0 Å². The van der Waals surface area contributed by atoms with E-state index >= 15 is 0 Å². The minimum absolute atomic E-state index is 0.660. The highest BCUT2D eigenvalue weighted by molar-refractivity contribution is 5.69. The van der Waals surface area contributed by atoms with E-state index in [-0.39, 0.29) is 0 Å². The smallest absolute Gasteiger partial charge is 0.140 e. The number of nitrogens with zero attached hydrogens (tertiary/aromatic N) is 1. The van der Waals surface area contributed by atoms with Crippen molar-refractivity contribution in [2.24, 2.45) is 11.8 Å². The zero-order valence-electron chi connectivity index (χ0n) is 11.1. The minimum atomic E-state index is 0.660. The van der Waals surface area contributed by atoms with E-state index in [1.807, 2.05) is 13.1 Å². The second kappa shape index (κ2) is 4.73. The van der Waals surface area contributed by atoms with Gasteiger partial charge in [-0.05, 0) is 49.4 Å². The van der Waals surface area contributed by atoms with E-state index in [4.69, 9.17) is 4.74 Å². The van der Waals surface area contributed by atoms with Gasteiger partial charge in [-0.3, -0.25) is 4.98 Å². The lowest BCUT2D eigenvalue weighted by Crippen LogP contribution is -2.18. The summed E-state index contributed by atoms with van der Waals surface area (Å²) in [5.74, 6) is 2.35. The summed E-state index contributed by atoms with van der Waals surface area (Å²) >= 11 is 0. The van der Waals surface area contributed by atoms with Gasteiger partial charge in [0.05, 0.1) is 12.8 Å². The molecule has 1 aromatic rings. The van der Waals surface area contributed by atoms with Crippen molar-refractivity contribution in [2.45, 2.75) is 19.8 Å². The van der Waals surface area contributed by atoms with Gasteiger partial charge in [0.25, 0.3) is 0 Å². The Morgan fingerprint density at radius 3 is 3.11 bits per heavy atom. The molecular formula is C15H20N2O. The third-order valence-electron chi connectivity index (χ3n) is 4.23. The van der Waals surface area contributed by atoms with E-state index in [9.17, 15) is 0 Å². The van der Waals surface area contributed by atoms with Crippen LogP contribution in [0.15, 0.2) is 18.3 Å². The molecule has 1 aliphatic heterocycles. The fourth-order valence-electron chi connectivity index (χ4n) is 3.21. The van der Waals surface area contributed by atoms with Crippen LogP contribution in [-0.4, -0.2) is 25.2 Å². The molecule has 18 heavy (non-hydrogen) atoms. The second-order valence-electron chi connectivity index (χ2n) is 5.27. The molecule has 3 rings (SSSR count). The van der Waals surface area contributed by atoms with Gasteiger partial charge in [-0.2, -0.15) is 0 Å². The molecular weight excluding hydrogens is 224 g/mol. The van der Waals surface area contributed by atoms with Crippen molar-refractivity contribution in [3.05, 3.63) is 29.6 Å². The van der Waals surface area contributed by atoms with Gasteiger partial charge in [-0.25, -0.2) is 0 Å². The number of nitrogens with one attached hydrogen (secondary N) is 1. The van der Waals surface area contributed by atoms with Crippen LogP contribution in [0.25, 0.3) is 5.57 Å². The maximum Gasteiger partial charge on any atom is 0.140 e. The van der Waals surface area contributed by atoms with Crippen molar-refractivity contribution in [1.82, 2.24) is 10.3 Å². The molecule has 3 heteroatoms. The maximum atomic E-state index is 5.38. The van der Waals surface area contributed by atoms with E-state index in [1.165, 1.54) is 30.5 Å². The molecule has 2 aliphatic rings. The molecule has 1 aromatic heterocycles. The van der Waals surface area contributed by atoms with Gasteiger partial charge in [0.15, 0.2) is 0 Å². The predicted molar refractivity (Wildman–Crippen MR) is 72.6 cm³/mol. The van der Waals surface area contributed by atoms with Gasteiger partial charge in [0.2, 0.25) is 0 Å². The van der Waals surface area contributed by atoms with Gasteiger partial charge in [0.1, 0.15) is 5.75 Å². The molecule has 3 nitrogen and oxygen atoms in total. The Labute approximate surface area is 108 Å². The van der Waals surface area contributed by atoms with Crippen LogP contribution in [0.2, 0.25) is 0 Å². The zero-order valence-corrected chi connectivity index (χ0v) is 11.1. The number of aromatic nitrogens is 1. The highest BCUT2D eigenvalue weighted by atomic mass is 16.5.